The molecule has 0 aromatic heterocycles. The predicted octanol–water partition coefficient (Wildman–Crippen LogP) is 2.92. The largest absolute Gasteiger partial charge is 0.230 e. The van der Waals surface area contributed by atoms with Crippen LogP contribution in [0.2, 0.25) is 0 Å². The molecule has 0 amide bonds. The Morgan fingerprint density at radius 1 is 1.57 bits per heavy atom. The second kappa shape index (κ2) is 7.18. The Kier molecular flexibility index (Phi) is 7.11. The van der Waals surface area contributed by atoms with Crippen molar-refractivity contribution in [1.29, 1.82) is 0 Å². The molecule has 0 aromatic rings. The fraction of sp³-hybridized carbons (Fsp3) is 0.444. The zero-order valence-corrected chi connectivity index (χ0v) is 10.5. The van der Waals surface area contributed by atoms with E-state index < -0.39 is 8.87 Å². The van der Waals surface area contributed by atoms with Gasteiger partial charge in [-0.2, -0.15) is 0 Å². The maximum Gasteiger partial charge on any atom is 0.230 e. The van der Waals surface area contributed by atoms with E-state index in [-0.39, 0.29) is 0 Å². The van der Waals surface area contributed by atoms with Gasteiger partial charge in [0.05, 0.1) is 5.41 Å². The number of rotatable bonds is 5. The third-order valence-corrected chi connectivity index (χ3v) is 4.36. The monoisotopic (exact) mass is 252 g/mol. The summed E-state index contributed by atoms with van der Waals surface area (Å²) >= 11 is 5.47. The van der Waals surface area contributed by atoms with Crippen LogP contribution in [0.3, 0.4) is 0 Å². The Labute approximate surface area is 94.0 Å². The van der Waals surface area contributed by atoms with Crippen molar-refractivity contribution in [2.45, 2.75) is 13.8 Å². The smallest absolute Gasteiger partial charge is 0.212 e. The van der Waals surface area contributed by atoms with E-state index in [0.717, 1.165) is 21.8 Å². The lowest BCUT2D eigenvalue weighted by Crippen LogP contribution is -1.91. The van der Waals surface area contributed by atoms with Gasteiger partial charge in [-0.25, -0.2) is 8.42 Å². The van der Waals surface area contributed by atoms with Gasteiger partial charge in [-0.3, -0.25) is 0 Å². The molecule has 0 aliphatic rings. The van der Waals surface area contributed by atoms with Crippen molar-refractivity contribution >= 4 is 31.3 Å². The Bertz CT molecular complexity index is 349. The molecule has 5 heteroatoms. The first-order chi connectivity index (χ1) is 6.52. The molecular formula is C9H13ClO2S2. The maximum atomic E-state index is 11.3. The van der Waals surface area contributed by atoms with E-state index in [1.807, 2.05) is 6.92 Å². The van der Waals surface area contributed by atoms with E-state index in [0.29, 0.717) is 11.6 Å². The Hall–Kier alpha value is -0.150. The summed E-state index contributed by atoms with van der Waals surface area (Å²) in [7, 11) is -2.32. The lowest BCUT2D eigenvalue weighted by atomic mass is 10.3. The van der Waals surface area contributed by atoms with Crippen LogP contribution in [0.5, 0.6) is 0 Å². The molecule has 0 fully saturated rings. The van der Waals surface area contributed by atoms with E-state index in [9.17, 15) is 8.42 Å². The maximum absolute atomic E-state index is 11.3. The predicted molar refractivity (Wildman–Crippen MR) is 64.2 cm³/mol. The molecule has 0 unspecified atom stereocenters. The second-order valence-corrected chi connectivity index (χ2v) is 6.69. The van der Waals surface area contributed by atoms with Crippen molar-refractivity contribution in [3.63, 3.8) is 0 Å². The van der Waals surface area contributed by atoms with Crippen LogP contribution in [0.4, 0.5) is 0 Å². The van der Waals surface area contributed by atoms with Crippen molar-refractivity contribution in [2.75, 3.05) is 11.6 Å². The Morgan fingerprint density at radius 2 is 2.21 bits per heavy atom. The van der Waals surface area contributed by atoms with Crippen LogP contribution in [0.25, 0.3) is 0 Å². The summed E-state index contributed by atoms with van der Waals surface area (Å²) in [6.07, 6.45) is 3.35. The van der Waals surface area contributed by atoms with Crippen LogP contribution < -0.4 is 0 Å². The summed E-state index contributed by atoms with van der Waals surface area (Å²) in [5.41, 5.74) is 3.50. The molecule has 0 radical (unpaired) electrons. The zero-order chi connectivity index (χ0) is 11.0. The summed E-state index contributed by atoms with van der Waals surface area (Å²) in [5.74, 6) is 0.855. The normalized spacial score (nSPS) is 12.1. The molecule has 0 heterocycles. The molecule has 0 bridgehead atoms. The molecule has 2 nitrogen and oxygen atoms in total. The van der Waals surface area contributed by atoms with Gasteiger partial charge in [0.15, 0.2) is 0 Å². The van der Waals surface area contributed by atoms with Gasteiger partial charge in [-0.15, -0.1) is 17.3 Å². The van der Waals surface area contributed by atoms with Crippen molar-refractivity contribution in [3.05, 3.63) is 28.9 Å². The molecule has 0 atom stereocenters. The van der Waals surface area contributed by atoms with Gasteiger partial charge < -0.3 is 0 Å². The minimum Gasteiger partial charge on any atom is -0.212 e. The highest BCUT2D eigenvalue weighted by Crippen LogP contribution is 2.17. The minimum atomic E-state index is -3.19. The van der Waals surface area contributed by atoms with E-state index in [1.165, 1.54) is 0 Å². The molecule has 0 saturated heterocycles. The van der Waals surface area contributed by atoms with Crippen LogP contribution >= 0.6 is 22.4 Å². The van der Waals surface area contributed by atoms with Gasteiger partial charge in [-0.05, 0) is 30.7 Å². The lowest BCUT2D eigenvalue weighted by molar-refractivity contribution is 0.618. The van der Waals surface area contributed by atoms with Crippen molar-refractivity contribution in [1.82, 2.24) is 0 Å². The first kappa shape index (κ1) is 13.8. The highest BCUT2D eigenvalue weighted by atomic mass is 35.5. The van der Waals surface area contributed by atoms with Crippen LogP contribution in [0.15, 0.2) is 28.9 Å². The fourth-order valence-electron chi connectivity index (χ4n) is 0.551. The number of alkyl halides is 1. The first-order valence-corrected chi connectivity index (χ1v) is 7.58. The molecule has 0 spiro atoms. The molecule has 14 heavy (non-hydrogen) atoms. The molecule has 0 saturated carbocycles. The van der Waals surface area contributed by atoms with E-state index in [1.54, 1.807) is 19.1 Å². The minimum absolute atomic E-state index is 0.414. The van der Waals surface area contributed by atoms with Gasteiger partial charge in [0.1, 0.15) is 0 Å². The summed E-state index contributed by atoms with van der Waals surface area (Å²) in [6.45, 7) is 3.57. The van der Waals surface area contributed by atoms with Crippen LogP contribution in [-0.4, -0.2) is 20.1 Å². The second-order valence-electron chi connectivity index (χ2n) is 2.53. The summed E-state index contributed by atoms with van der Waals surface area (Å²) in [4.78, 5) is 0. The van der Waals surface area contributed by atoms with Crippen LogP contribution in [0.1, 0.15) is 13.8 Å². The SMILES string of the molecule is CC=C=CS(=O)(=O)SC/C(C)=C\CCl. The highest BCUT2D eigenvalue weighted by molar-refractivity contribution is 8.73. The average Bonchev–Trinajstić information content (AvgIpc) is 2.13. The van der Waals surface area contributed by atoms with Crippen LogP contribution in [0, 0.1) is 0 Å². The van der Waals surface area contributed by atoms with Gasteiger partial charge in [0.25, 0.3) is 0 Å². The number of hydrogen-bond acceptors (Lipinski definition) is 3. The number of hydrogen-bond donors (Lipinski definition) is 0. The molecule has 80 valence electrons. The molecule has 0 aliphatic heterocycles. The summed E-state index contributed by atoms with van der Waals surface area (Å²) in [6, 6.07) is 0. The quantitative estimate of drug-likeness (QED) is 0.327. The standard InChI is InChI=1S/C9H13ClO2S2/c1-3-4-7-14(11,12)13-8-9(2)5-6-10/h3,5,7H,6,8H2,1-2H3/b9-5-. The molecule has 0 N–H and O–H groups in total. The van der Waals surface area contributed by atoms with Crippen molar-refractivity contribution in [2.24, 2.45) is 0 Å². The molecular weight excluding hydrogens is 240 g/mol. The van der Waals surface area contributed by atoms with E-state index in [4.69, 9.17) is 11.6 Å². The average molecular weight is 253 g/mol. The topological polar surface area (TPSA) is 34.1 Å². The van der Waals surface area contributed by atoms with E-state index >= 15 is 0 Å². The Balaban J connectivity index is 4.27. The first-order valence-electron chi connectivity index (χ1n) is 4.00. The van der Waals surface area contributed by atoms with Gasteiger partial charge in [-0.1, -0.05) is 11.6 Å². The Morgan fingerprint density at radius 3 is 2.71 bits per heavy atom. The van der Waals surface area contributed by atoms with Crippen molar-refractivity contribution < 1.29 is 8.42 Å². The van der Waals surface area contributed by atoms with Crippen molar-refractivity contribution in [3.8, 4) is 0 Å². The van der Waals surface area contributed by atoms with E-state index in [2.05, 4.69) is 5.73 Å². The lowest BCUT2D eigenvalue weighted by Gasteiger charge is -1.97. The third kappa shape index (κ3) is 7.27. The van der Waals surface area contributed by atoms with Gasteiger partial charge in [0, 0.05) is 11.6 Å². The number of halogens is 1. The van der Waals surface area contributed by atoms with Gasteiger partial charge >= 0.3 is 0 Å². The highest BCUT2D eigenvalue weighted by Gasteiger charge is 2.05. The summed E-state index contributed by atoms with van der Waals surface area (Å²) in [5, 5.41) is 1.08. The zero-order valence-electron chi connectivity index (χ0n) is 8.16. The fourth-order valence-corrected chi connectivity index (χ4v) is 3.07. The molecule has 0 aliphatic carbocycles. The summed E-state index contributed by atoms with van der Waals surface area (Å²) < 4.78 is 22.5. The number of allylic oxidation sites excluding steroid dienone is 2. The van der Waals surface area contributed by atoms with Gasteiger partial charge in [0.2, 0.25) is 8.87 Å². The molecule has 0 aromatic carbocycles. The van der Waals surface area contributed by atoms with Crippen LogP contribution in [-0.2, 0) is 8.87 Å². The molecule has 0 rings (SSSR count). The third-order valence-electron chi connectivity index (χ3n) is 1.26.